The molecule has 2 unspecified atom stereocenters. The number of hydrogen-bond acceptors (Lipinski definition) is 3. The van der Waals surface area contributed by atoms with E-state index in [9.17, 15) is 13.2 Å². The predicted molar refractivity (Wildman–Crippen MR) is 70.8 cm³/mol. The van der Waals surface area contributed by atoms with Crippen molar-refractivity contribution in [3.63, 3.8) is 0 Å². The molecule has 0 radical (unpaired) electrons. The van der Waals surface area contributed by atoms with Crippen molar-refractivity contribution in [2.75, 3.05) is 5.75 Å². The molecule has 2 rings (SSSR count). The number of nitrogens with one attached hydrogen (secondary N) is 1. The van der Waals surface area contributed by atoms with Crippen LogP contribution in [0.3, 0.4) is 0 Å². The van der Waals surface area contributed by atoms with E-state index in [1.54, 1.807) is 23.9 Å². The highest BCUT2D eigenvalue weighted by atomic mass is 32.2. The fraction of sp³-hybridized carbons (Fsp3) is 0.500. The molecule has 100 valence electrons. The molecule has 2 atom stereocenters. The molecule has 0 saturated carbocycles. The highest BCUT2D eigenvalue weighted by Gasteiger charge is 2.29. The van der Waals surface area contributed by atoms with Crippen molar-refractivity contribution in [2.45, 2.75) is 35.2 Å². The molecular formula is C12H14F3NS2. The monoisotopic (exact) mass is 293 g/mol. The molecule has 18 heavy (non-hydrogen) atoms. The Morgan fingerprint density at radius 1 is 1.28 bits per heavy atom. The molecule has 1 aromatic carbocycles. The van der Waals surface area contributed by atoms with Crippen molar-refractivity contribution >= 4 is 23.5 Å². The molecule has 0 amide bonds. The van der Waals surface area contributed by atoms with Crippen molar-refractivity contribution in [1.29, 1.82) is 0 Å². The lowest BCUT2D eigenvalue weighted by Gasteiger charge is -2.28. The standard InChI is InChI=1S/C12H14F3NS2/c1-8-6-7-17-11(16-8)9-2-4-10(5-3-9)18-12(13,14)15/h2-5,8,11,16H,6-7H2,1H3. The normalized spacial score (nSPS) is 25.1. The topological polar surface area (TPSA) is 12.0 Å². The average Bonchev–Trinajstić information content (AvgIpc) is 2.28. The summed E-state index contributed by atoms with van der Waals surface area (Å²) in [6.07, 6.45) is 1.13. The van der Waals surface area contributed by atoms with Crippen molar-refractivity contribution in [3.05, 3.63) is 29.8 Å². The molecule has 1 saturated heterocycles. The van der Waals surface area contributed by atoms with Gasteiger partial charge in [-0.3, -0.25) is 5.32 Å². The van der Waals surface area contributed by atoms with Crippen LogP contribution in [0.5, 0.6) is 0 Å². The van der Waals surface area contributed by atoms with Gasteiger partial charge in [0, 0.05) is 10.9 Å². The fourth-order valence-corrected chi connectivity index (χ4v) is 3.73. The zero-order chi connectivity index (χ0) is 13.2. The molecule has 1 aliphatic heterocycles. The molecule has 1 fully saturated rings. The number of benzene rings is 1. The van der Waals surface area contributed by atoms with Gasteiger partial charge in [0.15, 0.2) is 0 Å². The first-order chi connectivity index (χ1) is 8.44. The molecule has 0 aliphatic carbocycles. The minimum absolute atomic E-state index is 0.0706. The minimum atomic E-state index is -4.21. The number of thioether (sulfide) groups is 2. The molecule has 1 nitrogen and oxygen atoms in total. The van der Waals surface area contributed by atoms with Crippen LogP contribution in [0.1, 0.15) is 24.3 Å². The Labute approximate surface area is 113 Å². The smallest absolute Gasteiger partial charge is 0.299 e. The van der Waals surface area contributed by atoms with Crippen LogP contribution >= 0.6 is 23.5 Å². The van der Waals surface area contributed by atoms with Gasteiger partial charge in [-0.25, -0.2) is 0 Å². The van der Waals surface area contributed by atoms with Crippen LogP contribution in [0.2, 0.25) is 0 Å². The second kappa shape index (κ2) is 5.75. The quantitative estimate of drug-likeness (QED) is 0.811. The molecule has 1 N–H and O–H groups in total. The lowest BCUT2D eigenvalue weighted by Crippen LogP contribution is -2.33. The number of halogens is 3. The Bertz CT molecular complexity index is 391. The van der Waals surface area contributed by atoms with E-state index in [0.29, 0.717) is 6.04 Å². The summed E-state index contributed by atoms with van der Waals surface area (Å²) in [4.78, 5) is 0.236. The van der Waals surface area contributed by atoms with Crippen LogP contribution in [0.4, 0.5) is 13.2 Å². The van der Waals surface area contributed by atoms with E-state index in [4.69, 9.17) is 0 Å². The summed E-state index contributed by atoms with van der Waals surface area (Å²) >= 11 is 1.73. The highest BCUT2D eigenvalue weighted by molar-refractivity contribution is 8.00. The van der Waals surface area contributed by atoms with Crippen molar-refractivity contribution in [2.24, 2.45) is 0 Å². The second-order valence-corrected chi connectivity index (χ2v) is 6.58. The van der Waals surface area contributed by atoms with E-state index in [0.717, 1.165) is 17.7 Å². The number of hydrogen-bond donors (Lipinski definition) is 1. The molecule has 0 bridgehead atoms. The maximum absolute atomic E-state index is 12.2. The van der Waals surface area contributed by atoms with E-state index in [1.807, 2.05) is 0 Å². The maximum atomic E-state index is 12.2. The Morgan fingerprint density at radius 2 is 1.94 bits per heavy atom. The van der Waals surface area contributed by atoms with Gasteiger partial charge in [0.25, 0.3) is 0 Å². The van der Waals surface area contributed by atoms with Gasteiger partial charge in [-0.1, -0.05) is 12.1 Å². The number of alkyl halides is 3. The Hall–Kier alpha value is -0.330. The molecule has 0 aromatic heterocycles. The van der Waals surface area contributed by atoms with Crippen molar-refractivity contribution in [3.8, 4) is 0 Å². The third-order valence-corrected chi connectivity index (χ3v) is 4.64. The third-order valence-electron chi connectivity index (χ3n) is 2.69. The van der Waals surface area contributed by atoms with Crippen LogP contribution in [0.25, 0.3) is 0 Å². The Balaban J connectivity index is 2.03. The van der Waals surface area contributed by atoms with Gasteiger partial charge >= 0.3 is 5.51 Å². The van der Waals surface area contributed by atoms with Gasteiger partial charge in [0.05, 0.1) is 5.37 Å². The van der Waals surface area contributed by atoms with Gasteiger partial charge in [-0.2, -0.15) is 13.2 Å². The van der Waals surface area contributed by atoms with Gasteiger partial charge in [0.2, 0.25) is 0 Å². The van der Waals surface area contributed by atoms with Crippen LogP contribution in [0, 0.1) is 0 Å². The molecule has 1 aliphatic rings. The SMILES string of the molecule is CC1CCSC(c2ccc(SC(F)(F)F)cc2)N1. The van der Waals surface area contributed by atoms with E-state index in [-0.39, 0.29) is 22.0 Å². The van der Waals surface area contributed by atoms with Gasteiger partial charge in [0.1, 0.15) is 0 Å². The summed E-state index contributed by atoms with van der Waals surface area (Å²) in [6.45, 7) is 2.13. The molecular weight excluding hydrogens is 279 g/mol. The maximum Gasteiger partial charge on any atom is 0.446 e. The average molecular weight is 293 g/mol. The first kappa shape index (κ1) is 14.1. The van der Waals surface area contributed by atoms with E-state index in [1.165, 1.54) is 12.1 Å². The minimum Gasteiger partial charge on any atom is -0.299 e. The molecule has 1 heterocycles. The van der Waals surface area contributed by atoms with Crippen molar-refractivity contribution < 1.29 is 13.2 Å². The van der Waals surface area contributed by atoms with Crippen LogP contribution in [-0.4, -0.2) is 17.3 Å². The summed E-state index contributed by atoms with van der Waals surface area (Å²) < 4.78 is 36.6. The zero-order valence-corrected chi connectivity index (χ0v) is 11.5. The summed E-state index contributed by atoms with van der Waals surface area (Å²) in [5.41, 5.74) is -3.17. The lowest BCUT2D eigenvalue weighted by atomic mass is 10.2. The van der Waals surface area contributed by atoms with Crippen LogP contribution in [-0.2, 0) is 0 Å². The van der Waals surface area contributed by atoms with Gasteiger partial charge in [-0.15, -0.1) is 11.8 Å². The highest BCUT2D eigenvalue weighted by Crippen LogP contribution is 2.38. The first-order valence-electron chi connectivity index (χ1n) is 5.67. The largest absolute Gasteiger partial charge is 0.446 e. The molecule has 6 heteroatoms. The van der Waals surface area contributed by atoms with E-state index in [2.05, 4.69) is 12.2 Å². The van der Waals surface area contributed by atoms with Crippen LogP contribution < -0.4 is 5.32 Å². The zero-order valence-electron chi connectivity index (χ0n) is 9.83. The summed E-state index contributed by atoms with van der Waals surface area (Å²) in [5, 5.41) is 3.63. The number of rotatable bonds is 2. The predicted octanol–water partition coefficient (Wildman–Crippen LogP) is 4.41. The molecule has 1 aromatic rings. The summed E-state index contributed by atoms with van der Waals surface area (Å²) in [5.74, 6) is 1.08. The third kappa shape index (κ3) is 4.10. The summed E-state index contributed by atoms with van der Waals surface area (Å²) in [7, 11) is 0. The first-order valence-corrected chi connectivity index (χ1v) is 7.54. The molecule has 0 spiro atoms. The van der Waals surface area contributed by atoms with E-state index < -0.39 is 5.51 Å². The van der Waals surface area contributed by atoms with Crippen LogP contribution in [0.15, 0.2) is 29.2 Å². The van der Waals surface area contributed by atoms with Gasteiger partial charge < -0.3 is 0 Å². The Morgan fingerprint density at radius 3 is 2.50 bits per heavy atom. The fourth-order valence-electron chi connectivity index (χ4n) is 1.79. The second-order valence-electron chi connectivity index (χ2n) is 4.22. The lowest BCUT2D eigenvalue weighted by molar-refractivity contribution is -0.0328. The summed E-state index contributed by atoms with van der Waals surface area (Å²) in [6, 6.07) is 7.08. The van der Waals surface area contributed by atoms with Crippen molar-refractivity contribution in [1.82, 2.24) is 5.32 Å². The van der Waals surface area contributed by atoms with Gasteiger partial charge in [-0.05, 0) is 48.6 Å². The van der Waals surface area contributed by atoms with E-state index >= 15 is 0 Å². The Kier molecular flexibility index (Phi) is 4.50.